The number of azo groups is 1. The molecule has 0 radical (unpaired) electrons. The molecular weight excluding hydrogens is 326 g/mol. The molecule has 6 nitrogen and oxygen atoms in total. The lowest BCUT2D eigenvalue weighted by Crippen LogP contribution is -2.22. The minimum atomic E-state index is -0.459. The van der Waals surface area contributed by atoms with Crippen LogP contribution in [-0.4, -0.2) is 11.7 Å². The van der Waals surface area contributed by atoms with Crippen LogP contribution in [0.4, 0.5) is 17.1 Å². The van der Waals surface area contributed by atoms with Crippen molar-refractivity contribution in [3.05, 3.63) is 91.0 Å². The van der Waals surface area contributed by atoms with E-state index in [4.69, 9.17) is 0 Å². The highest BCUT2D eigenvalue weighted by Gasteiger charge is 2.12. The molecule has 0 bridgehead atoms. The van der Waals surface area contributed by atoms with Crippen LogP contribution < -0.4 is 10.7 Å². The van der Waals surface area contributed by atoms with Gasteiger partial charge in [0.15, 0.2) is 0 Å². The Morgan fingerprint density at radius 2 is 1.23 bits per heavy atom. The molecule has 6 heteroatoms. The standard InChI is InChI=1S/C20H17N5O/c26-20(21-16-10-4-1-5-11-16)19(24-22-17-12-6-2-7-13-17)25-23-18-14-8-3-9-15-18/h1-15,22H,(H,21,26)/b24-19+,25-23?. The fraction of sp³-hybridized carbons (Fsp3) is 0. The maximum Gasteiger partial charge on any atom is 0.297 e. The Hall–Kier alpha value is -3.80. The maximum absolute atomic E-state index is 12.5. The van der Waals surface area contributed by atoms with Gasteiger partial charge < -0.3 is 5.32 Å². The molecule has 0 saturated carbocycles. The second kappa shape index (κ2) is 8.89. The number of anilines is 2. The van der Waals surface area contributed by atoms with Crippen LogP contribution in [0, 0.1) is 0 Å². The molecule has 0 unspecified atom stereocenters. The Labute approximate surface area is 151 Å². The number of carbonyl (C=O) groups is 1. The Bertz CT molecular complexity index is 893. The van der Waals surface area contributed by atoms with Crippen LogP contribution >= 0.6 is 0 Å². The SMILES string of the molecule is O=C(Nc1ccccc1)/C(N=Nc1ccccc1)=N\Nc1ccccc1. The molecule has 0 aromatic heterocycles. The topological polar surface area (TPSA) is 78.2 Å². The Morgan fingerprint density at radius 1 is 0.692 bits per heavy atom. The van der Waals surface area contributed by atoms with E-state index in [-0.39, 0.29) is 5.84 Å². The molecule has 3 aromatic rings. The number of hydrogen-bond acceptors (Lipinski definition) is 4. The van der Waals surface area contributed by atoms with Crippen LogP contribution in [0.15, 0.2) is 106 Å². The average molecular weight is 343 g/mol. The molecule has 0 heterocycles. The van der Waals surface area contributed by atoms with Gasteiger partial charge in [0.2, 0.25) is 0 Å². The quantitative estimate of drug-likeness (QED) is 0.308. The van der Waals surface area contributed by atoms with Crippen molar-refractivity contribution in [2.75, 3.05) is 10.7 Å². The molecule has 3 rings (SSSR count). The smallest absolute Gasteiger partial charge is 0.297 e. The Morgan fingerprint density at radius 3 is 1.85 bits per heavy atom. The molecule has 0 spiro atoms. The summed E-state index contributed by atoms with van der Waals surface area (Å²) in [5.74, 6) is -0.541. The number of amidine groups is 1. The largest absolute Gasteiger partial charge is 0.319 e. The summed E-state index contributed by atoms with van der Waals surface area (Å²) in [4.78, 5) is 12.5. The van der Waals surface area contributed by atoms with Crippen molar-refractivity contribution in [2.45, 2.75) is 0 Å². The summed E-state index contributed by atoms with van der Waals surface area (Å²) in [6.07, 6.45) is 0. The first-order chi connectivity index (χ1) is 12.8. The van der Waals surface area contributed by atoms with Crippen LogP contribution in [-0.2, 0) is 4.79 Å². The molecule has 26 heavy (non-hydrogen) atoms. The van der Waals surface area contributed by atoms with Gasteiger partial charge >= 0.3 is 0 Å². The van der Waals surface area contributed by atoms with Gasteiger partial charge in [0, 0.05) is 5.69 Å². The number of hydrazone groups is 1. The normalized spacial score (nSPS) is 11.3. The number of benzene rings is 3. The number of nitrogens with one attached hydrogen (secondary N) is 2. The van der Waals surface area contributed by atoms with E-state index in [0.717, 1.165) is 5.69 Å². The molecular formula is C20H17N5O. The number of para-hydroxylation sites is 2. The summed E-state index contributed by atoms with van der Waals surface area (Å²) in [5.41, 5.74) is 4.85. The van der Waals surface area contributed by atoms with Crippen molar-refractivity contribution in [2.24, 2.45) is 15.3 Å². The van der Waals surface area contributed by atoms with Crippen molar-refractivity contribution >= 4 is 28.8 Å². The zero-order valence-electron chi connectivity index (χ0n) is 13.9. The summed E-state index contributed by atoms with van der Waals surface area (Å²) < 4.78 is 0. The van der Waals surface area contributed by atoms with E-state index in [1.165, 1.54) is 0 Å². The van der Waals surface area contributed by atoms with Gasteiger partial charge in [0.05, 0.1) is 11.4 Å². The Kier molecular flexibility index (Phi) is 5.82. The highest BCUT2D eigenvalue weighted by molar-refractivity contribution is 6.42. The minimum absolute atomic E-state index is 0.0819. The van der Waals surface area contributed by atoms with Gasteiger partial charge in [-0.2, -0.15) is 0 Å². The summed E-state index contributed by atoms with van der Waals surface area (Å²) in [6, 6.07) is 27.6. The first-order valence-electron chi connectivity index (χ1n) is 8.03. The minimum Gasteiger partial charge on any atom is -0.319 e. The average Bonchev–Trinajstić information content (AvgIpc) is 2.70. The van der Waals surface area contributed by atoms with Gasteiger partial charge in [0.25, 0.3) is 11.7 Å². The van der Waals surface area contributed by atoms with E-state index in [2.05, 4.69) is 26.1 Å². The lowest BCUT2D eigenvalue weighted by molar-refractivity contribution is -0.110. The van der Waals surface area contributed by atoms with E-state index >= 15 is 0 Å². The molecule has 0 saturated heterocycles. The molecule has 1 amide bonds. The zero-order chi connectivity index (χ0) is 18.0. The first-order valence-corrected chi connectivity index (χ1v) is 8.03. The predicted molar refractivity (Wildman–Crippen MR) is 104 cm³/mol. The van der Waals surface area contributed by atoms with Crippen LogP contribution in [0.2, 0.25) is 0 Å². The summed E-state index contributed by atoms with van der Waals surface area (Å²) >= 11 is 0. The van der Waals surface area contributed by atoms with E-state index in [9.17, 15) is 4.79 Å². The molecule has 0 fully saturated rings. The van der Waals surface area contributed by atoms with E-state index < -0.39 is 5.91 Å². The van der Waals surface area contributed by atoms with E-state index in [1.54, 1.807) is 24.3 Å². The number of carbonyl (C=O) groups excluding carboxylic acids is 1. The monoisotopic (exact) mass is 343 g/mol. The van der Waals surface area contributed by atoms with Gasteiger partial charge in [-0.15, -0.1) is 15.3 Å². The van der Waals surface area contributed by atoms with Crippen LogP contribution in [0.1, 0.15) is 0 Å². The molecule has 0 aliphatic carbocycles. The number of rotatable bonds is 4. The zero-order valence-corrected chi connectivity index (χ0v) is 13.9. The van der Waals surface area contributed by atoms with Crippen LogP contribution in [0.25, 0.3) is 0 Å². The summed E-state index contributed by atoms with van der Waals surface area (Å²) in [5, 5.41) is 14.9. The van der Waals surface area contributed by atoms with E-state index in [1.807, 2.05) is 66.7 Å². The van der Waals surface area contributed by atoms with Gasteiger partial charge in [0.1, 0.15) is 0 Å². The third-order valence-electron chi connectivity index (χ3n) is 3.32. The predicted octanol–water partition coefficient (Wildman–Crippen LogP) is 4.83. The van der Waals surface area contributed by atoms with Crippen molar-refractivity contribution in [3.8, 4) is 0 Å². The summed E-state index contributed by atoms with van der Waals surface area (Å²) in [7, 11) is 0. The number of amides is 1. The fourth-order valence-corrected chi connectivity index (χ4v) is 2.06. The van der Waals surface area contributed by atoms with Crippen molar-refractivity contribution in [1.82, 2.24) is 0 Å². The third kappa shape index (κ3) is 5.10. The van der Waals surface area contributed by atoms with Gasteiger partial charge in [-0.1, -0.05) is 54.6 Å². The second-order valence-corrected chi connectivity index (χ2v) is 5.27. The maximum atomic E-state index is 12.5. The number of nitrogens with zero attached hydrogens (tertiary/aromatic N) is 3. The highest BCUT2D eigenvalue weighted by atomic mass is 16.2. The molecule has 128 valence electrons. The molecule has 0 atom stereocenters. The van der Waals surface area contributed by atoms with Crippen LogP contribution in [0.5, 0.6) is 0 Å². The second-order valence-electron chi connectivity index (χ2n) is 5.27. The highest BCUT2D eigenvalue weighted by Crippen LogP contribution is 2.12. The molecule has 0 aliphatic heterocycles. The fourth-order valence-electron chi connectivity index (χ4n) is 2.06. The lowest BCUT2D eigenvalue weighted by atomic mass is 10.3. The molecule has 0 aliphatic rings. The lowest BCUT2D eigenvalue weighted by Gasteiger charge is -2.05. The van der Waals surface area contributed by atoms with Gasteiger partial charge in [-0.25, -0.2) is 0 Å². The van der Waals surface area contributed by atoms with Crippen molar-refractivity contribution in [1.29, 1.82) is 0 Å². The molecule has 2 N–H and O–H groups in total. The molecule has 3 aromatic carbocycles. The van der Waals surface area contributed by atoms with Crippen LogP contribution in [0.3, 0.4) is 0 Å². The first kappa shape index (κ1) is 17.0. The summed E-state index contributed by atoms with van der Waals surface area (Å²) in [6.45, 7) is 0. The Balaban J connectivity index is 1.80. The van der Waals surface area contributed by atoms with E-state index in [0.29, 0.717) is 11.4 Å². The van der Waals surface area contributed by atoms with Gasteiger partial charge in [-0.05, 0) is 36.4 Å². The van der Waals surface area contributed by atoms with Crippen molar-refractivity contribution < 1.29 is 4.79 Å². The van der Waals surface area contributed by atoms with Gasteiger partial charge in [-0.3, -0.25) is 10.2 Å². The third-order valence-corrected chi connectivity index (χ3v) is 3.32. The van der Waals surface area contributed by atoms with Crippen molar-refractivity contribution in [3.63, 3.8) is 0 Å². The number of hydrogen-bond donors (Lipinski definition) is 2.